The number of nitrogen functional groups attached to an aromatic ring is 1. The molecule has 0 bridgehead atoms. The largest absolute Gasteiger partial charge is 0.339 e. The molecule has 1 aromatic heterocycles. The summed E-state index contributed by atoms with van der Waals surface area (Å²) in [6.07, 6.45) is 1.60. The van der Waals surface area contributed by atoms with Gasteiger partial charge in [-0.2, -0.15) is 5.26 Å². The van der Waals surface area contributed by atoms with Crippen LogP contribution in [0.1, 0.15) is 24.7 Å². The summed E-state index contributed by atoms with van der Waals surface area (Å²) in [6.45, 7) is 2.02. The van der Waals surface area contributed by atoms with Crippen LogP contribution in [-0.4, -0.2) is 9.97 Å². The molecule has 0 fully saturated rings. The van der Waals surface area contributed by atoms with E-state index >= 15 is 0 Å². The molecule has 2 rings (SSSR count). The fourth-order valence-corrected chi connectivity index (χ4v) is 1.83. The number of aryl methyl sites for hydroxylation is 1. The van der Waals surface area contributed by atoms with E-state index in [-0.39, 0.29) is 5.56 Å². The predicted octanol–water partition coefficient (Wildman–Crippen LogP) is 2.47. The molecule has 0 aliphatic carbocycles. The van der Waals surface area contributed by atoms with Crippen LogP contribution in [0.2, 0.25) is 0 Å². The number of benzene rings is 1. The van der Waals surface area contributed by atoms with Gasteiger partial charge < -0.3 is 10.7 Å². The molecule has 2 aromatic rings. The molecule has 0 atom stereocenters. The molecule has 0 saturated carbocycles. The quantitative estimate of drug-likeness (QED) is 0.576. The molecule has 0 unspecified atom stereocenters. The van der Waals surface area contributed by atoms with Crippen molar-refractivity contribution in [1.82, 2.24) is 9.97 Å². The Morgan fingerprint density at radius 2 is 2.05 bits per heavy atom. The lowest BCUT2D eigenvalue weighted by Crippen LogP contribution is -2.11. The molecule has 7 heteroatoms. The third-order valence-corrected chi connectivity index (χ3v) is 2.76. The number of anilines is 3. The number of aromatic nitrogens is 2. The van der Waals surface area contributed by atoms with Crippen molar-refractivity contribution in [2.24, 2.45) is 5.84 Å². The van der Waals surface area contributed by atoms with Crippen LogP contribution in [0.5, 0.6) is 0 Å². The molecule has 0 aliphatic rings. The Hall–Kier alpha value is -2.72. The lowest BCUT2D eigenvalue weighted by atomic mass is 10.2. The molecule has 4 N–H and O–H groups in total. The van der Waals surface area contributed by atoms with Crippen molar-refractivity contribution in [2.75, 3.05) is 10.7 Å². The molecule has 0 amide bonds. The van der Waals surface area contributed by atoms with Crippen LogP contribution < -0.4 is 16.6 Å². The van der Waals surface area contributed by atoms with E-state index in [1.807, 2.05) is 13.0 Å². The molecule has 0 saturated heterocycles. The fraction of sp³-hybridized carbons (Fsp3) is 0.214. The average molecular weight is 286 g/mol. The first kappa shape index (κ1) is 14.7. The van der Waals surface area contributed by atoms with Crippen molar-refractivity contribution in [3.8, 4) is 6.07 Å². The number of nitrogens with two attached hydrogens (primary N) is 1. The molecule has 1 aromatic carbocycles. The van der Waals surface area contributed by atoms with Crippen LogP contribution >= 0.6 is 0 Å². The first-order chi connectivity index (χ1) is 10.2. The zero-order valence-corrected chi connectivity index (χ0v) is 11.5. The molecule has 1 heterocycles. The summed E-state index contributed by atoms with van der Waals surface area (Å²) in [4.78, 5) is 8.57. The highest BCUT2D eigenvalue weighted by molar-refractivity contribution is 5.65. The Morgan fingerprint density at radius 3 is 2.71 bits per heavy atom. The molecule has 108 valence electrons. The Kier molecular flexibility index (Phi) is 4.64. The molecule has 6 nitrogen and oxygen atoms in total. The maximum Gasteiger partial charge on any atom is 0.145 e. The van der Waals surface area contributed by atoms with Gasteiger partial charge >= 0.3 is 0 Å². The van der Waals surface area contributed by atoms with Gasteiger partial charge in [0.05, 0.1) is 11.3 Å². The SMILES string of the molecule is CCCc1nc(NN)cc(Nc2ccc(F)cc2C#N)n1. The zero-order valence-electron chi connectivity index (χ0n) is 11.5. The number of nitrogens with zero attached hydrogens (tertiary/aromatic N) is 3. The third-order valence-electron chi connectivity index (χ3n) is 2.76. The zero-order chi connectivity index (χ0) is 15.2. The Morgan fingerprint density at radius 1 is 1.29 bits per heavy atom. The van der Waals surface area contributed by atoms with Crippen LogP contribution in [0.3, 0.4) is 0 Å². The summed E-state index contributed by atoms with van der Waals surface area (Å²) >= 11 is 0. The van der Waals surface area contributed by atoms with Gasteiger partial charge in [-0.15, -0.1) is 0 Å². The third kappa shape index (κ3) is 3.64. The molecular formula is C14H15FN6. The van der Waals surface area contributed by atoms with E-state index < -0.39 is 5.82 Å². The van der Waals surface area contributed by atoms with Crippen molar-refractivity contribution in [2.45, 2.75) is 19.8 Å². The summed E-state index contributed by atoms with van der Waals surface area (Å²) in [5, 5.41) is 12.0. The highest BCUT2D eigenvalue weighted by Crippen LogP contribution is 2.21. The summed E-state index contributed by atoms with van der Waals surface area (Å²) < 4.78 is 13.1. The lowest BCUT2D eigenvalue weighted by molar-refractivity contribution is 0.627. The van der Waals surface area contributed by atoms with E-state index in [9.17, 15) is 4.39 Å². The van der Waals surface area contributed by atoms with E-state index in [1.165, 1.54) is 18.2 Å². The van der Waals surface area contributed by atoms with E-state index in [0.29, 0.717) is 29.6 Å². The van der Waals surface area contributed by atoms with Crippen molar-refractivity contribution < 1.29 is 4.39 Å². The van der Waals surface area contributed by atoms with Gasteiger partial charge in [0.15, 0.2) is 0 Å². The maximum absolute atomic E-state index is 13.1. The summed E-state index contributed by atoms with van der Waals surface area (Å²) in [7, 11) is 0. The number of hydrazine groups is 1. The molecule has 0 aliphatic heterocycles. The molecule has 0 spiro atoms. The average Bonchev–Trinajstić information content (AvgIpc) is 2.49. The van der Waals surface area contributed by atoms with Gasteiger partial charge in [-0.1, -0.05) is 6.92 Å². The fourth-order valence-electron chi connectivity index (χ4n) is 1.83. The monoisotopic (exact) mass is 286 g/mol. The number of nitrogens with one attached hydrogen (secondary N) is 2. The molecular weight excluding hydrogens is 271 g/mol. The minimum atomic E-state index is -0.462. The van der Waals surface area contributed by atoms with Gasteiger partial charge in [-0.25, -0.2) is 20.2 Å². The predicted molar refractivity (Wildman–Crippen MR) is 78.2 cm³/mol. The van der Waals surface area contributed by atoms with Crippen molar-refractivity contribution in [1.29, 1.82) is 5.26 Å². The van der Waals surface area contributed by atoms with Gasteiger partial charge in [0, 0.05) is 12.5 Å². The van der Waals surface area contributed by atoms with Crippen molar-refractivity contribution in [3.63, 3.8) is 0 Å². The highest BCUT2D eigenvalue weighted by atomic mass is 19.1. The second-order valence-corrected chi connectivity index (χ2v) is 4.38. The van der Waals surface area contributed by atoms with Crippen LogP contribution in [0.4, 0.5) is 21.7 Å². The smallest absolute Gasteiger partial charge is 0.145 e. The Bertz CT molecular complexity index is 680. The second kappa shape index (κ2) is 6.63. The van der Waals surface area contributed by atoms with Gasteiger partial charge in [-0.05, 0) is 24.6 Å². The van der Waals surface area contributed by atoms with Gasteiger partial charge in [0.1, 0.15) is 29.3 Å². The molecule has 21 heavy (non-hydrogen) atoms. The van der Waals surface area contributed by atoms with Crippen LogP contribution in [-0.2, 0) is 6.42 Å². The van der Waals surface area contributed by atoms with Crippen molar-refractivity contribution >= 4 is 17.3 Å². The van der Waals surface area contributed by atoms with Crippen LogP contribution in [0, 0.1) is 17.1 Å². The number of halogens is 1. The standard InChI is InChI=1S/C14H15FN6/c1-2-3-12-19-13(7-14(20-12)21-17)18-11-5-4-10(15)6-9(11)8-16/h4-7H,2-3,17H2,1H3,(H2,18,19,20,21). The molecule has 0 radical (unpaired) electrons. The van der Waals surface area contributed by atoms with E-state index in [4.69, 9.17) is 11.1 Å². The first-order valence-corrected chi connectivity index (χ1v) is 6.47. The summed E-state index contributed by atoms with van der Waals surface area (Å²) in [6, 6.07) is 7.49. The van der Waals surface area contributed by atoms with Gasteiger partial charge in [0.25, 0.3) is 0 Å². The minimum absolute atomic E-state index is 0.202. The summed E-state index contributed by atoms with van der Waals surface area (Å²) in [5.74, 6) is 6.52. The first-order valence-electron chi connectivity index (χ1n) is 6.47. The Labute approximate surface area is 121 Å². The number of nitriles is 1. The summed E-state index contributed by atoms with van der Waals surface area (Å²) in [5.41, 5.74) is 3.15. The van der Waals surface area contributed by atoms with Gasteiger partial charge in [-0.3, -0.25) is 0 Å². The number of hydrogen-bond acceptors (Lipinski definition) is 6. The van der Waals surface area contributed by atoms with Crippen LogP contribution in [0.15, 0.2) is 24.3 Å². The van der Waals surface area contributed by atoms with E-state index in [0.717, 1.165) is 6.42 Å². The second-order valence-electron chi connectivity index (χ2n) is 4.38. The topological polar surface area (TPSA) is 99.6 Å². The normalized spacial score (nSPS) is 10.0. The Balaban J connectivity index is 2.35. The highest BCUT2D eigenvalue weighted by Gasteiger charge is 2.08. The van der Waals surface area contributed by atoms with E-state index in [2.05, 4.69) is 20.7 Å². The maximum atomic E-state index is 13.1. The number of hydrogen-bond donors (Lipinski definition) is 3. The van der Waals surface area contributed by atoms with E-state index in [1.54, 1.807) is 6.07 Å². The van der Waals surface area contributed by atoms with Gasteiger partial charge in [0.2, 0.25) is 0 Å². The van der Waals surface area contributed by atoms with Crippen LogP contribution in [0.25, 0.3) is 0 Å². The lowest BCUT2D eigenvalue weighted by Gasteiger charge is -2.10. The number of rotatable bonds is 5. The minimum Gasteiger partial charge on any atom is -0.339 e. The van der Waals surface area contributed by atoms with Crippen molar-refractivity contribution in [3.05, 3.63) is 41.5 Å².